The lowest BCUT2D eigenvalue weighted by Gasteiger charge is -2.51. The molecule has 0 atom stereocenters. The van der Waals surface area contributed by atoms with Gasteiger partial charge in [-0.05, 0) is 152 Å². The summed E-state index contributed by atoms with van der Waals surface area (Å²) in [4.78, 5) is 5.17. The summed E-state index contributed by atoms with van der Waals surface area (Å²) < 4.78 is 0. The average Bonchev–Trinajstić information content (AvgIpc) is 3.38. The van der Waals surface area contributed by atoms with E-state index in [9.17, 15) is 0 Å². The fraction of sp³-hybridized carbons (Fsp3) is 0.0312. The molecule has 0 amide bonds. The second kappa shape index (κ2) is 14.3. The van der Waals surface area contributed by atoms with Crippen LogP contribution in [0.15, 0.2) is 249 Å². The van der Waals surface area contributed by atoms with E-state index in [0.717, 1.165) is 22.7 Å². The predicted molar refractivity (Wildman–Crippen MR) is 283 cm³/mol. The molecule has 0 aliphatic heterocycles. The largest absolute Gasteiger partial charge is 0.311 e. The maximum atomic E-state index is 2.58. The summed E-state index contributed by atoms with van der Waals surface area (Å²) in [6, 6.07) is 83.4. The normalized spacial score (nSPS) is 14.0. The summed E-state index contributed by atoms with van der Waals surface area (Å²) in [6.07, 6.45) is 9.77. The fourth-order valence-corrected chi connectivity index (χ4v) is 11.7. The van der Waals surface area contributed by atoms with E-state index in [1.165, 1.54) is 91.7 Å². The van der Waals surface area contributed by atoms with E-state index in [1.807, 2.05) is 0 Å². The molecule has 13 aromatic carbocycles. The van der Waals surface area contributed by atoms with Gasteiger partial charge < -0.3 is 9.80 Å². The Morgan fingerprint density at radius 2 is 0.606 bits per heavy atom. The standard InChI is InChI=1S/C64H42N2/c1-4-16-42(17-5-1)43-34-36-64(37-35-43,65(48-24-6-2-7-25-48)50-38-46-22-14-30-54-52-28-10-18-44-20-12-32-56(60(44)52)58(40-50)62(46)54)66(49-26-8-3-9-27-49)51-39-47-23-15-31-55-53-29-11-19-45-21-13-33-57(61(45)53)59(41-51)63(47)55/h1-41,43H. The van der Waals surface area contributed by atoms with Crippen molar-refractivity contribution in [2.75, 3.05) is 9.80 Å². The lowest BCUT2D eigenvalue weighted by Crippen LogP contribution is -2.56. The van der Waals surface area contributed by atoms with E-state index in [4.69, 9.17) is 0 Å². The molecule has 0 aromatic heterocycles. The summed E-state index contributed by atoms with van der Waals surface area (Å²) in [5, 5.41) is 20.4. The summed E-state index contributed by atoms with van der Waals surface area (Å²) >= 11 is 0. The van der Waals surface area contributed by atoms with Gasteiger partial charge in [0.2, 0.25) is 0 Å². The molecular weight excluding hydrogens is 797 g/mol. The van der Waals surface area contributed by atoms with Crippen molar-refractivity contribution in [1.29, 1.82) is 0 Å². The molecule has 0 fully saturated rings. The smallest absolute Gasteiger partial charge is 0.160 e. The number of allylic oxidation sites excluding steroid dienone is 2. The van der Waals surface area contributed by atoms with Crippen LogP contribution in [0.1, 0.15) is 11.5 Å². The van der Waals surface area contributed by atoms with Gasteiger partial charge in [-0.3, -0.25) is 0 Å². The van der Waals surface area contributed by atoms with Crippen LogP contribution in [0.25, 0.3) is 86.2 Å². The van der Waals surface area contributed by atoms with Gasteiger partial charge in [0.15, 0.2) is 5.66 Å². The maximum absolute atomic E-state index is 2.58. The van der Waals surface area contributed by atoms with Crippen molar-refractivity contribution < 1.29 is 0 Å². The number of fused-ring (bicyclic) bond motifs is 4. The third kappa shape index (κ3) is 5.36. The van der Waals surface area contributed by atoms with Gasteiger partial charge in [0, 0.05) is 28.7 Å². The third-order valence-electron chi connectivity index (χ3n) is 14.4. The van der Waals surface area contributed by atoms with Crippen LogP contribution in [0.5, 0.6) is 0 Å². The van der Waals surface area contributed by atoms with Crippen molar-refractivity contribution in [2.24, 2.45) is 0 Å². The van der Waals surface area contributed by atoms with E-state index in [0.29, 0.717) is 0 Å². The van der Waals surface area contributed by atoms with Gasteiger partial charge in [0.25, 0.3) is 0 Å². The van der Waals surface area contributed by atoms with Crippen LogP contribution in [0, 0.1) is 0 Å². The number of rotatable bonds is 7. The average molecular weight is 839 g/mol. The van der Waals surface area contributed by atoms with Crippen LogP contribution in [-0.2, 0) is 0 Å². The van der Waals surface area contributed by atoms with Crippen LogP contribution < -0.4 is 9.80 Å². The zero-order chi connectivity index (χ0) is 43.3. The van der Waals surface area contributed by atoms with Crippen molar-refractivity contribution in [3.8, 4) is 0 Å². The number of hydrogen-bond donors (Lipinski definition) is 0. The molecule has 308 valence electrons. The van der Waals surface area contributed by atoms with Crippen molar-refractivity contribution in [3.05, 3.63) is 254 Å². The highest BCUT2D eigenvalue weighted by molar-refractivity contribution is 6.34. The van der Waals surface area contributed by atoms with Gasteiger partial charge in [-0.1, -0.05) is 188 Å². The molecule has 2 heteroatoms. The number of nitrogens with zero attached hydrogens (tertiary/aromatic N) is 2. The highest BCUT2D eigenvalue weighted by Crippen LogP contribution is 2.51. The van der Waals surface area contributed by atoms with Gasteiger partial charge in [0.05, 0.1) is 0 Å². The molecule has 0 radical (unpaired) electrons. The Bertz CT molecular complexity index is 3800. The van der Waals surface area contributed by atoms with Gasteiger partial charge in [-0.25, -0.2) is 0 Å². The maximum Gasteiger partial charge on any atom is 0.160 e. The Morgan fingerprint density at radius 3 is 1.00 bits per heavy atom. The Balaban J connectivity index is 1.11. The Labute approximate surface area is 382 Å². The molecule has 0 unspecified atom stereocenters. The number of anilines is 4. The summed E-state index contributed by atoms with van der Waals surface area (Å²) in [5.74, 6) is 0.0958. The Hall–Kier alpha value is -8.46. The van der Waals surface area contributed by atoms with Crippen LogP contribution >= 0.6 is 0 Å². The zero-order valence-electron chi connectivity index (χ0n) is 36.1. The summed E-state index contributed by atoms with van der Waals surface area (Å²) in [5.41, 5.74) is 4.76. The number of hydrogen-bond acceptors (Lipinski definition) is 2. The number of para-hydroxylation sites is 2. The van der Waals surface area contributed by atoms with Crippen molar-refractivity contribution in [3.63, 3.8) is 0 Å². The molecule has 66 heavy (non-hydrogen) atoms. The molecule has 13 aromatic rings. The first-order valence-electron chi connectivity index (χ1n) is 23.0. The molecule has 1 aliphatic rings. The molecule has 0 saturated carbocycles. The van der Waals surface area contributed by atoms with E-state index >= 15 is 0 Å². The van der Waals surface area contributed by atoms with E-state index in [2.05, 4.69) is 259 Å². The third-order valence-corrected chi connectivity index (χ3v) is 14.4. The SMILES string of the molecule is C1=CC(N(c2ccccc2)c2cc3cccc4c5cccc6cccc(c(c2)c34)c65)(N(c2ccccc2)c2cc3cccc4c5cccc6cccc(c(c2)c34)c65)C=CC1c1ccccc1. The molecule has 0 bridgehead atoms. The van der Waals surface area contributed by atoms with Gasteiger partial charge in [-0.2, -0.15) is 0 Å². The summed E-state index contributed by atoms with van der Waals surface area (Å²) in [7, 11) is 0. The fourth-order valence-electron chi connectivity index (χ4n) is 11.7. The van der Waals surface area contributed by atoms with Crippen molar-refractivity contribution in [1.82, 2.24) is 0 Å². The molecule has 2 nitrogen and oxygen atoms in total. The molecular formula is C64H42N2. The zero-order valence-corrected chi connectivity index (χ0v) is 36.1. The van der Waals surface area contributed by atoms with Crippen LogP contribution in [0.3, 0.4) is 0 Å². The molecule has 0 heterocycles. The van der Waals surface area contributed by atoms with E-state index in [1.54, 1.807) is 0 Å². The minimum atomic E-state index is -0.888. The summed E-state index contributed by atoms with van der Waals surface area (Å²) in [6.45, 7) is 0. The van der Waals surface area contributed by atoms with Gasteiger partial charge in [-0.15, -0.1) is 0 Å². The molecule has 0 saturated heterocycles. The quantitative estimate of drug-likeness (QED) is 0.0683. The first kappa shape index (κ1) is 37.0. The topological polar surface area (TPSA) is 6.48 Å². The first-order chi connectivity index (χ1) is 32.7. The first-order valence-corrected chi connectivity index (χ1v) is 23.0. The van der Waals surface area contributed by atoms with Crippen molar-refractivity contribution in [2.45, 2.75) is 11.6 Å². The second-order valence-corrected chi connectivity index (χ2v) is 18.0. The Kier molecular flexibility index (Phi) is 7.99. The lowest BCUT2D eigenvalue weighted by molar-refractivity contribution is 0.626. The second-order valence-electron chi connectivity index (χ2n) is 18.0. The van der Waals surface area contributed by atoms with Crippen LogP contribution in [-0.4, -0.2) is 5.66 Å². The monoisotopic (exact) mass is 838 g/mol. The number of benzene rings is 13. The van der Waals surface area contributed by atoms with Gasteiger partial charge in [0.1, 0.15) is 0 Å². The van der Waals surface area contributed by atoms with Crippen molar-refractivity contribution >= 4 is 109 Å². The van der Waals surface area contributed by atoms with Crippen LogP contribution in [0.2, 0.25) is 0 Å². The lowest BCUT2D eigenvalue weighted by atomic mass is 9.86. The molecule has 0 spiro atoms. The Morgan fingerprint density at radius 1 is 0.273 bits per heavy atom. The minimum absolute atomic E-state index is 0.0958. The molecule has 0 N–H and O–H groups in total. The predicted octanol–water partition coefficient (Wildman–Crippen LogP) is 17.4. The highest BCUT2D eigenvalue weighted by atomic mass is 15.4. The van der Waals surface area contributed by atoms with Gasteiger partial charge >= 0.3 is 0 Å². The van der Waals surface area contributed by atoms with E-state index < -0.39 is 5.66 Å². The molecule has 14 rings (SSSR count). The highest BCUT2D eigenvalue weighted by Gasteiger charge is 2.43. The molecule has 1 aliphatic carbocycles. The van der Waals surface area contributed by atoms with Crippen LogP contribution in [0.4, 0.5) is 22.7 Å². The van der Waals surface area contributed by atoms with E-state index in [-0.39, 0.29) is 5.92 Å². The minimum Gasteiger partial charge on any atom is -0.311 e.